The highest BCUT2D eigenvalue weighted by Gasteiger charge is 2.13. The number of hydrogen-bond acceptors (Lipinski definition) is 4. The minimum atomic E-state index is -0.360. The average Bonchev–Trinajstić information content (AvgIpc) is 3.02. The van der Waals surface area contributed by atoms with Crippen LogP contribution in [0.1, 0.15) is 5.82 Å². The smallest absolute Gasteiger partial charge is 0.261 e. The van der Waals surface area contributed by atoms with Crippen LogP contribution in [0.2, 0.25) is 0 Å². The van der Waals surface area contributed by atoms with E-state index in [1.165, 1.54) is 16.7 Å². The Morgan fingerprint density at radius 2 is 2.00 bits per heavy atom. The van der Waals surface area contributed by atoms with Crippen LogP contribution < -0.4 is 10.9 Å². The number of aryl methyl sites for hydroxylation is 2. The Bertz CT molecular complexity index is 1250. The fraction of sp³-hybridized carbons (Fsp3) is 0.150. The Morgan fingerprint density at radius 3 is 2.81 bits per heavy atom. The lowest BCUT2D eigenvalue weighted by atomic mass is 10.2. The van der Waals surface area contributed by atoms with Gasteiger partial charge in [0.2, 0.25) is 5.91 Å². The second kappa shape index (κ2) is 6.28. The zero-order chi connectivity index (χ0) is 19.1. The Labute approximate surface area is 154 Å². The van der Waals surface area contributed by atoms with Crippen LogP contribution in [0, 0.1) is 6.92 Å². The van der Waals surface area contributed by atoms with E-state index < -0.39 is 0 Å². The molecule has 0 atom stereocenters. The molecule has 0 radical (unpaired) electrons. The standard InChI is InChI=1S/C20H18N4O3/c1-12-21-17-7-6-13(25)10-15(17)20(27)24(12)11-19(26)22-16-4-3-5-18-14(16)8-9-23(18)2/h3-10,25H,11H2,1-2H3,(H,22,26). The van der Waals surface area contributed by atoms with Gasteiger partial charge >= 0.3 is 0 Å². The number of rotatable bonds is 3. The molecule has 0 spiro atoms. The van der Waals surface area contributed by atoms with Crippen molar-refractivity contribution < 1.29 is 9.90 Å². The first kappa shape index (κ1) is 16.8. The van der Waals surface area contributed by atoms with Gasteiger partial charge in [0, 0.05) is 24.1 Å². The van der Waals surface area contributed by atoms with E-state index in [0.717, 1.165) is 10.9 Å². The van der Waals surface area contributed by atoms with Gasteiger partial charge in [0.1, 0.15) is 18.1 Å². The molecule has 0 saturated carbocycles. The van der Waals surface area contributed by atoms with Crippen LogP contribution in [0.3, 0.4) is 0 Å². The number of anilines is 1. The number of nitrogens with zero attached hydrogens (tertiary/aromatic N) is 3. The van der Waals surface area contributed by atoms with Gasteiger partial charge in [-0.2, -0.15) is 0 Å². The third-order valence-corrected chi connectivity index (χ3v) is 4.63. The van der Waals surface area contributed by atoms with Crippen molar-refractivity contribution >= 4 is 33.4 Å². The maximum Gasteiger partial charge on any atom is 0.261 e. The highest BCUT2D eigenvalue weighted by atomic mass is 16.3. The van der Waals surface area contributed by atoms with Gasteiger partial charge in [-0.05, 0) is 43.3 Å². The Hall–Kier alpha value is -3.61. The summed E-state index contributed by atoms with van der Waals surface area (Å²) < 4.78 is 3.28. The molecule has 0 aliphatic heterocycles. The number of carbonyl (C=O) groups is 1. The third kappa shape index (κ3) is 2.93. The van der Waals surface area contributed by atoms with Crippen molar-refractivity contribution in [3.8, 4) is 5.75 Å². The van der Waals surface area contributed by atoms with Gasteiger partial charge in [-0.15, -0.1) is 0 Å². The Morgan fingerprint density at radius 1 is 1.19 bits per heavy atom. The minimum absolute atomic E-state index is 0.0167. The first-order chi connectivity index (χ1) is 12.9. The number of phenolic OH excluding ortho intramolecular Hbond substituents is 1. The van der Waals surface area contributed by atoms with E-state index >= 15 is 0 Å². The van der Waals surface area contributed by atoms with Crippen molar-refractivity contribution in [2.45, 2.75) is 13.5 Å². The molecule has 7 heteroatoms. The lowest BCUT2D eigenvalue weighted by Crippen LogP contribution is -2.30. The largest absolute Gasteiger partial charge is 0.508 e. The van der Waals surface area contributed by atoms with Gasteiger partial charge in [-0.25, -0.2) is 4.98 Å². The molecule has 0 aliphatic rings. The number of aromatic nitrogens is 3. The van der Waals surface area contributed by atoms with Gasteiger partial charge in [-0.3, -0.25) is 14.2 Å². The van der Waals surface area contributed by atoms with E-state index in [0.29, 0.717) is 17.0 Å². The van der Waals surface area contributed by atoms with Gasteiger partial charge in [0.15, 0.2) is 0 Å². The van der Waals surface area contributed by atoms with Crippen molar-refractivity contribution in [2.24, 2.45) is 7.05 Å². The molecule has 4 aromatic rings. The fourth-order valence-corrected chi connectivity index (χ4v) is 3.25. The molecule has 0 unspecified atom stereocenters. The molecule has 27 heavy (non-hydrogen) atoms. The van der Waals surface area contributed by atoms with Crippen molar-refractivity contribution in [3.05, 3.63) is 64.8 Å². The number of nitrogens with one attached hydrogen (secondary N) is 1. The highest BCUT2D eigenvalue weighted by molar-refractivity contribution is 6.01. The van der Waals surface area contributed by atoms with Gasteiger partial charge < -0.3 is 15.0 Å². The number of benzene rings is 2. The lowest BCUT2D eigenvalue weighted by Gasteiger charge is -2.12. The Kier molecular flexibility index (Phi) is 3.92. The maximum absolute atomic E-state index is 12.7. The van der Waals surface area contributed by atoms with Crippen LogP contribution in [0.25, 0.3) is 21.8 Å². The van der Waals surface area contributed by atoms with E-state index in [4.69, 9.17) is 0 Å². The molecule has 7 nitrogen and oxygen atoms in total. The van der Waals surface area contributed by atoms with Crippen molar-refractivity contribution in [1.82, 2.24) is 14.1 Å². The van der Waals surface area contributed by atoms with E-state index in [-0.39, 0.29) is 29.1 Å². The summed E-state index contributed by atoms with van der Waals surface area (Å²) in [5, 5.41) is 13.7. The third-order valence-electron chi connectivity index (χ3n) is 4.63. The van der Waals surface area contributed by atoms with Crippen molar-refractivity contribution in [3.63, 3.8) is 0 Å². The topological polar surface area (TPSA) is 89.2 Å². The van der Waals surface area contributed by atoms with Crippen LogP contribution >= 0.6 is 0 Å². The quantitative estimate of drug-likeness (QED) is 0.586. The molecule has 0 bridgehead atoms. The van der Waals surface area contributed by atoms with E-state index in [1.807, 2.05) is 42.1 Å². The molecule has 1 amide bonds. The minimum Gasteiger partial charge on any atom is -0.508 e. The van der Waals surface area contributed by atoms with Crippen LogP contribution in [-0.4, -0.2) is 25.1 Å². The predicted octanol–water partition coefficient (Wildman–Crippen LogP) is 2.54. The number of phenols is 1. The summed E-state index contributed by atoms with van der Waals surface area (Å²) in [4.78, 5) is 29.7. The van der Waals surface area contributed by atoms with Gasteiger partial charge in [0.25, 0.3) is 5.56 Å². The van der Waals surface area contributed by atoms with Crippen LogP contribution in [-0.2, 0) is 18.4 Å². The fourth-order valence-electron chi connectivity index (χ4n) is 3.25. The van der Waals surface area contributed by atoms with Crippen LogP contribution in [0.4, 0.5) is 5.69 Å². The number of carbonyl (C=O) groups excluding carboxylic acids is 1. The summed E-state index contributed by atoms with van der Waals surface area (Å²) in [7, 11) is 1.94. The number of aromatic hydroxyl groups is 1. The number of amides is 1. The molecule has 2 aromatic carbocycles. The first-order valence-electron chi connectivity index (χ1n) is 8.48. The molecule has 0 fully saturated rings. The Balaban J connectivity index is 1.67. The summed E-state index contributed by atoms with van der Waals surface area (Å²) >= 11 is 0. The SMILES string of the molecule is Cc1nc2ccc(O)cc2c(=O)n1CC(=O)Nc1cccc2c1ccn2C. The summed E-state index contributed by atoms with van der Waals surface area (Å²) in [5.41, 5.74) is 1.82. The average molecular weight is 362 g/mol. The molecular formula is C20H18N4O3. The molecule has 2 N–H and O–H groups in total. The molecular weight excluding hydrogens is 344 g/mol. The molecule has 2 aromatic heterocycles. The molecule has 4 rings (SSSR count). The normalized spacial score (nSPS) is 11.2. The number of fused-ring (bicyclic) bond motifs is 2. The van der Waals surface area contributed by atoms with E-state index in [1.54, 1.807) is 13.0 Å². The zero-order valence-corrected chi connectivity index (χ0v) is 14.9. The summed E-state index contributed by atoms with van der Waals surface area (Å²) in [6.45, 7) is 1.52. The highest BCUT2D eigenvalue weighted by Crippen LogP contribution is 2.24. The molecule has 136 valence electrons. The van der Waals surface area contributed by atoms with Crippen LogP contribution in [0.5, 0.6) is 5.75 Å². The second-order valence-corrected chi connectivity index (χ2v) is 6.46. The van der Waals surface area contributed by atoms with E-state index in [9.17, 15) is 14.7 Å². The summed E-state index contributed by atoms with van der Waals surface area (Å²) in [6, 6.07) is 12.0. The monoisotopic (exact) mass is 362 g/mol. The lowest BCUT2D eigenvalue weighted by molar-refractivity contribution is -0.116. The van der Waals surface area contributed by atoms with Gasteiger partial charge in [-0.1, -0.05) is 6.07 Å². The van der Waals surface area contributed by atoms with E-state index in [2.05, 4.69) is 10.3 Å². The molecule has 0 saturated heterocycles. The molecule has 0 aliphatic carbocycles. The van der Waals surface area contributed by atoms with Crippen LogP contribution in [0.15, 0.2) is 53.5 Å². The number of hydrogen-bond donors (Lipinski definition) is 2. The summed E-state index contributed by atoms with van der Waals surface area (Å²) in [6.07, 6.45) is 1.93. The van der Waals surface area contributed by atoms with Crippen molar-refractivity contribution in [2.75, 3.05) is 5.32 Å². The van der Waals surface area contributed by atoms with Gasteiger partial charge in [0.05, 0.1) is 16.6 Å². The summed E-state index contributed by atoms with van der Waals surface area (Å²) in [5.74, 6) is 0.0983. The molecule has 2 heterocycles. The maximum atomic E-state index is 12.7. The zero-order valence-electron chi connectivity index (χ0n) is 14.9. The second-order valence-electron chi connectivity index (χ2n) is 6.46. The van der Waals surface area contributed by atoms with Crippen molar-refractivity contribution in [1.29, 1.82) is 0 Å². The predicted molar refractivity (Wildman–Crippen MR) is 104 cm³/mol. The first-order valence-corrected chi connectivity index (χ1v) is 8.48.